The van der Waals surface area contributed by atoms with Gasteiger partial charge in [0.25, 0.3) is 0 Å². The summed E-state index contributed by atoms with van der Waals surface area (Å²) in [5, 5.41) is 8.03. The van der Waals surface area contributed by atoms with Crippen molar-refractivity contribution in [1.29, 1.82) is 0 Å². The van der Waals surface area contributed by atoms with Crippen LogP contribution >= 0.6 is 11.6 Å². The average molecular weight is 431 g/mol. The van der Waals surface area contributed by atoms with Crippen molar-refractivity contribution < 1.29 is 14.0 Å². The molecule has 3 rings (SSSR count). The minimum Gasteiger partial charge on any atom is -0.350 e. The minimum atomic E-state index is -0.557. The number of hydrogen-bond acceptors (Lipinski definition) is 3. The molecule has 0 unspecified atom stereocenters. The number of amides is 2. The molecule has 0 saturated heterocycles. The van der Waals surface area contributed by atoms with E-state index in [-0.39, 0.29) is 42.4 Å². The van der Waals surface area contributed by atoms with Crippen molar-refractivity contribution in [1.82, 2.24) is 20.0 Å². The quantitative estimate of drug-likeness (QED) is 0.624. The van der Waals surface area contributed by atoms with Crippen LogP contribution in [0.5, 0.6) is 0 Å². The SMILES string of the molecule is CC(C)N(CC(=O)NCc1cccc(Cl)c1F)C(=O)Cc1nn(C)c2ccccc12. The number of carbonyl (C=O) groups excluding carboxylic acids is 2. The van der Waals surface area contributed by atoms with Gasteiger partial charge in [0.2, 0.25) is 11.8 Å². The second kappa shape index (κ2) is 9.26. The van der Waals surface area contributed by atoms with Crippen molar-refractivity contribution in [2.24, 2.45) is 7.05 Å². The van der Waals surface area contributed by atoms with Gasteiger partial charge >= 0.3 is 0 Å². The molecule has 0 aliphatic carbocycles. The van der Waals surface area contributed by atoms with E-state index in [4.69, 9.17) is 11.6 Å². The normalized spacial score (nSPS) is 11.1. The van der Waals surface area contributed by atoms with Gasteiger partial charge in [-0.2, -0.15) is 5.10 Å². The molecule has 0 spiro atoms. The number of nitrogens with one attached hydrogen (secondary N) is 1. The van der Waals surface area contributed by atoms with Gasteiger partial charge in [-0.05, 0) is 26.0 Å². The molecule has 8 heteroatoms. The van der Waals surface area contributed by atoms with E-state index in [2.05, 4.69) is 10.4 Å². The number of benzene rings is 2. The number of halogens is 2. The summed E-state index contributed by atoms with van der Waals surface area (Å²) in [5.74, 6) is -1.13. The Kier molecular flexibility index (Phi) is 6.72. The highest BCUT2D eigenvalue weighted by molar-refractivity contribution is 6.30. The molecule has 3 aromatic rings. The van der Waals surface area contributed by atoms with Crippen molar-refractivity contribution in [2.75, 3.05) is 6.54 Å². The maximum absolute atomic E-state index is 14.0. The van der Waals surface area contributed by atoms with Crippen LogP contribution in [0.4, 0.5) is 4.39 Å². The van der Waals surface area contributed by atoms with E-state index in [0.717, 1.165) is 10.9 Å². The van der Waals surface area contributed by atoms with E-state index in [1.54, 1.807) is 16.8 Å². The van der Waals surface area contributed by atoms with Crippen LogP contribution in [0.3, 0.4) is 0 Å². The Balaban J connectivity index is 1.66. The molecule has 0 aliphatic rings. The summed E-state index contributed by atoms with van der Waals surface area (Å²) in [6.07, 6.45) is 0.0930. The number of aromatic nitrogens is 2. The molecule has 0 bridgehead atoms. The van der Waals surface area contributed by atoms with Gasteiger partial charge in [-0.15, -0.1) is 0 Å². The minimum absolute atomic E-state index is 0.00308. The lowest BCUT2D eigenvalue weighted by Crippen LogP contribution is -2.45. The van der Waals surface area contributed by atoms with E-state index in [1.165, 1.54) is 11.0 Å². The third-order valence-electron chi connectivity index (χ3n) is 4.92. The van der Waals surface area contributed by atoms with E-state index in [9.17, 15) is 14.0 Å². The maximum atomic E-state index is 14.0. The number of fused-ring (bicyclic) bond motifs is 1. The fourth-order valence-electron chi connectivity index (χ4n) is 3.31. The van der Waals surface area contributed by atoms with Crippen molar-refractivity contribution in [2.45, 2.75) is 32.9 Å². The van der Waals surface area contributed by atoms with Gasteiger partial charge in [0.1, 0.15) is 5.82 Å². The predicted molar refractivity (Wildman–Crippen MR) is 115 cm³/mol. The van der Waals surface area contributed by atoms with Gasteiger partial charge in [-0.1, -0.05) is 41.9 Å². The molecule has 6 nitrogen and oxygen atoms in total. The third-order valence-corrected chi connectivity index (χ3v) is 5.21. The first kappa shape index (κ1) is 21.8. The van der Waals surface area contributed by atoms with Gasteiger partial charge in [-0.3, -0.25) is 14.3 Å². The fraction of sp³-hybridized carbons (Fsp3) is 0.318. The molecule has 0 aliphatic heterocycles. The van der Waals surface area contributed by atoms with Crippen LogP contribution in [0, 0.1) is 5.82 Å². The number of nitrogens with zero attached hydrogens (tertiary/aromatic N) is 3. The molecule has 0 fully saturated rings. The molecule has 2 aromatic carbocycles. The van der Waals surface area contributed by atoms with Gasteiger partial charge in [0.15, 0.2) is 0 Å². The lowest BCUT2D eigenvalue weighted by atomic mass is 10.1. The molecular formula is C22H24ClFN4O2. The van der Waals surface area contributed by atoms with Crippen LogP contribution in [0.2, 0.25) is 5.02 Å². The van der Waals surface area contributed by atoms with Gasteiger partial charge < -0.3 is 10.2 Å². The molecule has 1 N–H and O–H groups in total. The summed E-state index contributed by atoms with van der Waals surface area (Å²) >= 11 is 5.77. The second-order valence-corrected chi connectivity index (χ2v) is 7.78. The topological polar surface area (TPSA) is 67.2 Å². The molecule has 158 valence electrons. The van der Waals surface area contributed by atoms with Crippen molar-refractivity contribution in [3.63, 3.8) is 0 Å². The number of rotatable bonds is 7. The lowest BCUT2D eigenvalue weighted by molar-refractivity contribution is -0.137. The Morgan fingerprint density at radius 3 is 2.67 bits per heavy atom. The van der Waals surface area contributed by atoms with E-state index < -0.39 is 5.82 Å². The first-order valence-electron chi connectivity index (χ1n) is 9.67. The third kappa shape index (κ3) is 4.79. The maximum Gasteiger partial charge on any atom is 0.239 e. The smallest absolute Gasteiger partial charge is 0.239 e. The van der Waals surface area contributed by atoms with E-state index >= 15 is 0 Å². The molecule has 0 saturated carbocycles. The highest BCUT2D eigenvalue weighted by Gasteiger charge is 2.22. The van der Waals surface area contributed by atoms with Crippen LogP contribution < -0.4 is 5.32 Å². The Morgan fingerprint density at radius 2 is 1.93 bits per heavy atom. The number of aryl methyl sites for hydroxylation is 1. The van der Waals surface area contributed by atoms with Crippen molar-refractivity contribution >= 4 is 34.3 Å². The number of para-hydroxylation sites is 1. The first-order valence-corrected chi connectivity index (χ1v) is 10.1. The largest absolute Gasteiger partial charge is 0.350 e. The predicted octanol–water partition coefficient (Wildman–Crippen LogP) is 3.46. The van der Waals surface area contributed by atoms with Gasteiger partial charge in [-0.25, -0.2) is 4.39 Å². The van der Waals surface area contributed by atoms with Crippen LogP contribution in [0.25, 0.3) is 10.9 Å². The van der Waals surface area contributed by atoms with Crippen LogP contribution in [0.15, 0.2) is 42.5 Å². The molecule has 1 heterocycles. The summed E-state index contributed by atoms with van der Waals surface area (Å²) in [7, 11) is 1.83. The number of carbonyl (C=O) groups is 2. The van der Waals surface area contributed by atoms with Crippen molar-refractivity contribution in [3.8, 4) is 0 Å². The van der Waals surface area contributed by atoms with E-state index in [0.29, 0.717) is 11.3 Å². The van der Waals surface area contributed by atoms with E-state index in [1.807, 2.05) is 45.2 Å². The summed E-state index contributed by atoms with van der Waals surface area (Å²) in [5.41, 5.74) is 1.90. The summed E-state index contributed by atoms with van der Waals surface area (Å²) in [6, 6.07) is 12.1. The lowest BCUT2D eigenvalue weighted by Gasteiger charge is -2.26. The number of hydrogen-bond donors (Lipinski definition) is 1. The summed E-state index contributed by atoms with van der Waals surface area (Å²) in [6.45, 7) is 3.57. The Bertz CT molecular complexity index is 1080. The zero-order valence-electron chi connectivity index (χ0n) is 17.2. The van der Waals surface area contributed by atoms with Gasteiger partial charge in [0, 0.05) is 30.6 Å². The highest BCUT2D eigenvalue weighted by Crippen LogP contribution is 2.19. The molecule has 1 aromatic heterocycles. The Hall–Kier alpha value is -2.93. The summed E-state index contributed by atoms with van der Waals surface area (Å²) in [4.78, 5) is 26.8. The average Bonchev–Trinajstić information content (AvgIpc) is 3.02. The molecular weight excluding hydrogens is 407 g/mol. The zero-order valence-corrected chi connectivity index (χ0v) is 17.9. The highest BCUT2D eigenvalue weighted by atomic mass is 35.5. The second-order valence-electron chi connectivity index (χ2n) is 7.37. The Labute approximate surface area is 179 Å². The van der Waals surface area contributed by atoms with Crippen molar-refractivity contribution in [3.05, 3.63) is 64.6 Å². The van der Waals surface area contributed by atoms with Crippen LogP contribution in [-0.2, 0) is 29.6 Å². The summed E-state index contributed by atoms with van der Waals surface area (Å²) < 4.78 is 15.7. The van der Waals surface area contributed by atoms with Crippen LogP contribution in [0.1, 0.15) is 25.1 Å². The molecule has 0 radical (unpaired) electrons. The molecule has 30 heavy (non-hydrogen) atoms. The zero-order chi connectivity index (χ0) is 21.8. The standard InChI is InChI=1S/C22H24ClFN4O2/c1-14(2)28(13-20(29)25-12-15-7-6-9-17(23)22(15)24)21(30)11-18-16-8-4-5-10-19(16)27(3)26-18/h4-10,14H,11-13H2,1-3H3,(H,25,29). The first-order chi connectivity index (χ1) is 14.3. The Morgan fingerprint density at radius 1 is 1.20 bits per heavy atom. The fourth-order valence-corrected chi connectivity index (χ4v) is 3.51. The molecule has 0 atom stereocenters. The van der Waals surface area contributed by atoms with Crippen LogP contribution in [-0.4, -0.2) is 39.1 Å². The van der Waals surface area contributed by atoms with Gasteiger partial charge in [0.05, 0.1) is 29.2 Å². The molecule has 2 amide bonds. The monoisotopic (exact) mass is 430 g/mol.